The van der Waals surface area contributed by atoms with Crippen LogP contribution in [0.15, 0.2) is 18.3 Å². The molecule has 3 nitrogen and oxygen atoms in total. The summed E-state index contributed by atoms with van der Waals surface area (Å²) >= 11 is 5.62. The van der Waals surface area contributed by atoms with Crippen LogP contribution in [0.25, 0.3) is 0 Å². The van der Waals surface area contributed by atoms with Crippen molar-refractivity contribution in [3.8, 4) is 12.3 Å². The second-order valence-electron chi connectivity index (χ2n) is 2.57. The van der Waals surface area contributed by atoms with Crippen LogP contribution >= 0.6 is 11.6 Å². The Bertz CT molecular complexity index is 353. The van der Waals surface area contributed by atoms with Gasteiger partial charge in [-0.05, 0) is 12.1 Å². The minimum atomic E-state index is -0.239. The summed E-state index contributed by atoms with van der Waals surface area (Å²) in [5.41, 5.74) is 0.339. The number of amides is 1. The predicted octanol–water partition coefficient (Wildman–Crippen LogP) is 1.49. The van der Waals surface area contributed by atoms with Crippen LogP contribution in [0, 0.1) is 12.3 Å². The van der Waals surface area contributed by atoms with Gasteiger partial charge in [0.15, 0.2) is 0 Å². The van der Waals surface area contributed by atoms with Crippen molar-refractivity contribution in [2.45, 2.75) is 6.42 Å². The summed E-state index contributed by atoms with van der Waals surface area (Å²) in [6.07, 6.45) is 6.98. The topological polar surface area (TPSA) is 42.0 Å². The molecule has 0 radical (unpaired) electrons. The highest BCUT2D eigenvalue weighted by molar-refractivity contribution is 6.30. The number of carbonyl (C=O) groups is 1. The summed E-state index contributed by atoms with van der Waals surface area (Å²) in [6.45, 7) is 0.458. The Morgan fingerprint density at radius 1 is 1.64 bits per heavy atom. The minimum absolute atomic E-state index is 0.239. The molecule has 1 amide bonds. The molecule has 0 saturated heterocycles. The third-order valence-electron chi connectivity index (χ3n) is 1.51. The molecule has 0 atom stereocenters. The quantitative estimate of drug-likeness (QED) is 0.604. The number of pyridine rings is 1. The van der Waals surface area contributed by atoms with Gasteiger partial charge in [0.1, 0.15) is 5.69 Å². The molecule has 0 saturated carbocycles. The molecule has 0 bridgehead atoms. The smallest absolute Gasteiger partial charge is 0.269 e. The fourth-order valence-corrected chi connectivity index (χ4v) is 0.961. The van der Waals surface area contributed by atoms with Crippen LogP contribution in [0.4, 0.5) is 0 Å². The monoisotopic (exact) mass is 208 g/mol. The van der Waals surface area contributed by atoms with Gasteiger partial charge in [-0.25, -0.2) is 4.98 Å². The number of hydrogen-bond donors (Lipinski definition) is 1. The maximum absolute atomic E-state index is 11.3. The van der Waals surface area contributed by atoms with Crippen molar-refractivity contribution >= 4 is 17.5 Å². The van der Waals surface area contributed by atoms with Crippen LogP contribution in [-0.4, -0.2) is 17.4 Å². The molecule has 0 aliphatic carbocycles. The van der Waals surface area contributed by atoms with Crippen LogP contribution in [-0.2, 0) is 0 Å². The minimum Gasteiger partial charge on any atom is -0.350 e. The molecule has 0 fully saturated rings. The maximum atomic E-state index is 11.3. The zero-order valence-corrected chi connectivity index (χ0v) is 8.21. The van der Waals surface area contributed by atoms with Gasteiger partial charge in [-0.2, -0.15) is 0 Å². The first-order valence-electron chi connectivity index (χ1n) is 4.07. The first-order chi connectivity index (χ1) is 6.74. The first-order valence-corrected chi connectivity index (χ1v) is 4.45. The fourth-order valence-electron chi connectivity index (χ4n) is 0.849. The van der Waals surface area contributed by atoms with E-state index in [1.165, 1.54) is 6.20 Å². The molecule has 0 aliphatic heterocycles. The van der Waals surface area contributed by atoms with Gasteiger partial charge in [-0.1, -0.05) is 11.6 Å². The molecule has 1 heterocycles. The highest BCUT2D eigenvalue weighted by Gasteiger charge is 2.04. The standard InChI is InChI=1S/C10H9ClN2O/c1-2-3-6-12-10(14)9-5-4-8(11)7-13-9/h1,4-5,7H,3,6H2,(H,12,14). The van der Waals surface area contributed by atoms with Crippen LogP contribution < -0.4 is 5.32 Å². The van der Waals surface area contributed by atoms with Crippen molar-refractivity contribution < 1.29 is 4.79 Å². The lowest BCUT2D eigenvalue weighted by Crippen LogP contribution is -2.24. The fraction of sp³-hybridized carbons (Fsp3) is 0.200. The molecule has 1 rings (SSSR count). The maximum Gasteiger partial charge on any atom is 0.269 e. The van der Waals surface area contributed by atoms with E-state index >= 15 is 0 Å². The van der Waals surface area contributed by atoms with Gasteiger partial charge >= 0.3 is 0 Å². The summed E-state index contributed by atoms with van der Waals surface area (Å²) in [5.74, 6) is 2.19. The van der Waals surface area contributed by atoms with Crippen molar-refractivity contribution in [1.82, 2.24) is 10.3 Å². The molecule has 0 aliphatic rings. The molecule has 1 aromatic heterocycles. The Morgan fingerprint density at radius 2 is 2.43 bits per heavy atom. The number of terminal acetylenes is 1. The van der Waals surface area contributed by atoms with Crippen LogP contribution in [0.3, 0.4) is 0 Å². The number of aromatic nitrogens is 1. The lowest BCUT2D eigenvalue weighted by atomic mass is 10.3. The summed E-state index contributed by atoms with van der Waals surface area (Å²) < 4.78 is 0. The Kier molecular flexibility index (Phi) is 3.96. The Morgan fingerprint density at radius 3 is 3.00 bits per heavy atom. The van der Waals surface area contributed by atoms with Crippen molar-refractivity contribution in [2.24, 2.45) is 0 Å². The Hall–Kier alpha value is -1.53. The largest absolute Gasteiger partial charge is 0.350 e. The highest BCUT2D eigenvalue weighted by Crippen LogP contribution is 2.05. The van der Waals surface area contributed by atoms with Gasteiger partial charge in [0.25, 0.3) is 5.91 Å². The van der Waals surface area contributed by atoms with Crippen LogP contribution in [0.2, 0.25) is 5.02 Å². The lowest BCUT2D eigenvalue weighted by Gasteiger charge is -2.01. The number of carbonyl (C=O) groups excluding carboxylic acids is 1. The van der Waals surface area contributed by atoms with Crippen molar-refractivity contribution in [3.63, 3.8) is 0 Å². The summed E-state index contributed by atoms with van der Waals surface area (Å²) in [6, 6.07) is 3.18. The molecule has 0 spiro atoms. The van der Waals surface area contributed by atoms with E-state index in [9.17, 15) is 4.79 Å². The number of nitrogens with one attached hydrogen (secondary N) is 1. The predicted molar refractivity (Wildman–Crippen MR) is 55.0 cm³/mol. The average Bonchev–Trinajstić information content (AvgIpc) is 2.19. The molecular weight excluding hydrogens is 200 g/mol. The Balaban J connectivity index is 2.53. The van der Waals surface area contributed by atoms with E-state index in [2.05, 4.69) is 16.2 Å². The number of rotatable bonds is 3. The average molecular weight is 209 g/mol. The molecular formula is C10H9ClN2O. The number of halogens is 1. The molecule has 0 aromatic carbocycles. The Labute approximate surface area is 87.5 Å². The number of hydrogen-bond acceptors (Lipinski definition) is 2. The summed E-state index contributed by atoms with van der Waals surface area (Å²) in [7, 11) is 0. The zero-order chi connectivity index (χ0) is 10.4. The van der Waals surface area contributed by atoms with E-state index < -0.39 is 0 Å². The van der Waals surface area contributed by atoms with Gasteiger partial charge in [0.2, 0.25) is 0 Å². The normalized spacial score (nSPS) is 9.14. The van der Waals surface area contributed by atoms with Gasteiger partial charge in [-0.15, -0.1) is 12.3 Å². The van der Waals surface area contributed by atoms with E-state index in [1.54, 1.807) is 12.1 Å². The van der Waals surface area contributed by atoms with E-state index in [0.717, 1.165) is 0 Å². The third kappa shape index (κ3) is 3.08. The van der Waals surface area contributed by atoms with Gasteiger partial charge in [0, 0.05) is 19.2 Å². The van der Waals surface area contributed by atoms with Crippen molar-refractivity contribution in [1.29, 1.82) is 0 Å². The number of nitrogens with zero attached hydrogens (tertiary/aromatic N) is 1. The third-order valence-corrected chi connectivity index (χ3v) is 1.74. The van der Waals surface area contributed by atoms with Gasteiger partial charge in [-0.3, -0.25) is 4.79 Å². The first kappa shape index (κ1) is 10.6. The van der Waals surface area contributed by atoms with Gasteiger partial charge < -0.3 is 5.32 Å². The molecule has 1 N–H and O–H groups in total. The van der Waals surface area contributed by atoms with E-state index in [1.807, 2.05) is 0 Å². The van der Waals surface area contributed by atoms with E-state index in [-0.39, 0.29) is 5.91 Å². The lowest BCUT2D eigenvalue weighted by molar-refractivity contribution is 0.0949. The second-order valence-corrected chi connectivity index (χ2v) is 3.01. The summed E-state index contributed by atoms with van der Waals surface area (Å²) in [4.78, 5) is 15.2. The molecule has 4 heteroatoms. The molecule has 72 valence electrons. The van der Waals surface area contributed by atoms with Crippen LogP contribution in [0.1, 0.15) is 16.9 Å². The highest BCUT2D eigenvalue weighted by atomic mass is 35.5. The molecule has 14 heavy (non-hydrogen) atoms. The molecule has 0 unspecified atom stereocenters. The second kappa shape index (κ2) is 5.25. The van der Waals surface area contributed by atoms with Crippen molar-refractivity contribution in [2.75, 3.05) is 6.54 Å². The van der Waals surface area contributed by atoms with E-state index in [0.29, 0.717) is 23.7 Å². The van der Waals surface area contributed by atoms with Crippen LogP contribution in [0.5, 0.6) is 0 Å². The van der Waals surface area contributed by atoms with Crippen molar-refractivity contribution in [3.05, 3.63) is 29.0 Å². The van der Waals surface area contributed by atoms with E-state index in [4.69, 9.17) is 18.0 Å². The van der Waals surface area contributed by atoms with Gasteiger partial charge in [0.05, 0.1) is 5.02 Å². The zero-order valence-electron chi connectivity index (χ0n) is 7.46. The SMILES string of the molecule is C#CCCNC(=O)c1ccc(Cl)cn1. The summed E-state index contributed by atoms with van der Waals surface area (Å²) in [5, 5.41) is 3.14. The molecule has 1 aromatic rings.